The second-order valence-electron chi connectivity index (χ2n) is 3.58. The molecule has 1 N–H and O–H groups in total. The second kappa shape index (κ2) is 6.44. The van der Waals surface area contributed by atoms with Crippen molar-refractivity contribution in [3.8, 4) is 10.6 Å². The molecule has 0 atom stereocenters. The fourth-order valence-electron chi connectivity index (χ4n) is 1.34. The van der Waals surface area contributed by atoms with Gasteiger partial charge in [-0.2, -0.15) is 11.3 Å². The van der Waals surface area contributed by atoms with Crippen molar-refractivity contribution in [2.45, 2.75) is 6.92 Å². The molecule has 0 aromatic carbocycles. The Morgan fingerprint density at radius 3 is 2.95 bits per heavy atom. The lowest BCUT2D eigenvalue weighted by Gasteiger charge is -2.02. The first-order valence-electron chi connectivity index (χ1n) is 5.62. The van der Waals surface area contributed by atoms with Gasteiger partial charge in [-0.15, -0.1) is 11.3 Å². The highest BCUT2D eigenvalue weighted by molar-refractivity contribution is 7.14. The van der Waals surface area contributed by atoms with Crippen LogP contribution < -0.4 is 5.32 Å². The molecule has 0 aliphatic carbocycles. The minimum Gasteiger partial charge on any atom is -0.451 e. The van der Waals surface area contributed by atoms with E-state index in [1.165, 1.54) is 11.3 Å². The van der Waals surface area contributed by atoms with Crippen molar-refractivity contribution in [2.24, 2.45) is 0 Å². The van der Waals surface area contributed by atoms with Gasteiger partial charge in [0.1, 0.15) is 5.01 Å². The van der Waals surface area contributed by atoms with Gasteiger partial charge in [0.15, 0.2) is 12.3 Å². The lowest BCUT2D eigenvalue weighted by atomic mass is 10.3. The number of aromatic nitrogens is 1. The number of hydrogen-bond acceptors (Lipinski definition) is 6. The van der Waals surface area contributed by atoms with Crippen molar-refractivity contribution >= 4 is 34.6 Å². The molecule has 0 aliphatic heterocycles. The number of carbonyl (C=O) groups is 2. The van der Waals surface area contributed by atoms with Gasteiger partial charge < -0.3 is 10.1 Å². The molecule has 0 fully saturated rings. The fourth-order valence-corrected chi connectivity index (χ4v) is 2.84. The molecule has 2 aromatic heterocycles. The van der Waals surface area contributed by atoms with Crippen LogP contribution in [0.25, 0.3) is 10.6 Å². The van der Waals surface area contributed by atoms with Crippen molar-refractivity contribution in [3.05, 3.63) is 27.9 Å². The van der Waals surface area contributed by atoms with Crippen molar-refractivity contribution in [1.29, 1.82) is 0 Å². The summed E-state index contributed by atoms with van der Waals surface area (Å²) >= 11 is 2.94. The molecule has 19 heavy (non-hydrogen) atoms. The van der Waals surface area contributed by atoms with E-state index in [0.29, 0.717) is 6.54 Å². The Morgan fingerprint density at radius 1 is 1.42 bits per heavy atom. The third kappa shape index (κ3) is 3.62. The first-order chi connectivity index (χ1) is 9.20. The molecule has 0 spiro atoms. The van der Waals surface area contributed by atoms with E-state index in [9.17, 15) is 9.59 Å². The zero-order chi connectivity index (χ0) is 13.7. The van der Waals surface area contributed by atoms with Gasteiger partial charge in [-0.3, -0.25) is 4.79 Å². The highest BCUT2D eigenvalue weighted by Gasteiger charge is 2.14. The summed E-state index contributed by atoms with van der Waals surface area (Å²) in [7, 11) is 0. The molecule has 0 radical (unpaired) electrons. The molecule has 0 bridgehead atoms. The summed E-state index contributed by atoms with van der Waals surface area (Å²) < 4.78 is 4.87. The van der Waals surface area contributed by atoms with Crippen molar-refractivity contribution in [2.75, 3.05) is 13.2 Å². The Hall–Kier alpha value is -1.73. The van der Waals surface area contributed by atoms with Gasteiger partial charge in [0.05, 0.1) is 0 Å². The number of thiophene rings is 1. The summed E-state index contributed by atoms with van der Waals surface area (Å²) in [5.41, 5.74) is 1.22. The molecular weight excluding hydrogens is 284 g/mol. The number of nitrogens with one attached hydrogen (secondary N) is 1. The Bertz CT molecular complexity index is 563. The summed E-state index contributed by atoms with van der Waals surface area (Å²) in [6, 6.07) is 1.94. The lowest BCUT2D eigenvalue weighted by molar-refractivity contribution is -0.124. The predicted molar refractivity (Wildman–Crippen MR) is 74.4 cm³/mol. The van der Waals surface area contributed by atoms with E-state index < -0.39 is 5.97 Å². The number of amides is 1. The predicted octanol–water partition coefficient (Wildman–Crippen LogP) is 2.16. The molecule has 0 saturated carbocycles. The molecule has 5 nitrogen and oxygen atoms in total. The van der Waals surface area contributed by atoms with E-state index in [4.69, 9.17) is 4.74 Å². The molecule has 2 rings (SSSR count). The van der Waals surface area contributed by atoms with Crippen LogP contribution in [0.15, 0.2) is 22.2 Å². The van der Waals surface area contributed by atoms with Crippen LogP contribution in [0.1, 0.15) is 17.4 Å². The van der Waals surface area contributed by atoms with Gasteiger partial charge in [-0.05, 0) is 18.4 Å². The van der Waals surface area contributed by atoms with Gasteiger partial charge in [0, 0.05) is 22.9 Å². The minimum absolute atomic E-state index is 0.232. The van der Waals surface area contributed by atoms with E-state index in [1.807, 2.05) is 16.8 Å². The summed E-state index contributed by atoms with van der Waals surface area (Å²) in [4.78, 5) is 27.0. The number of ether oxygens (including phenoxy) is 1. The standard InChI is InChI=1S/C12H12N2O3S2/c1-2-13-10(15)5-17-12(16)9-7-19-11(14-9)8-3-4-18-6-8/h3-4,6-7H,2,5H2,1H3,(H,13,15). The van der Waals surface area contributed by atoms with Crippen molar-refractivity contribution < 1.29 is 14.3 Å². The monoisotopic (exact) mass is 296 g/mol. The van der Waals surface area contributed by atoms with Crippen molar-refractivity contribution in [1.82, 2.24) is 10.3 Å². The highest BCUT2D eigenvalue weighted by Crippen LogP contribution is 2.25. The largest absolute Gasteiger partial charge is 0.451 e. The number of rotatable bonds is 5. The summed E-state index contributed by atoms with van der Waals surface area (Å²) in [6.07, 6.45) is 0. The Labute approximate surface area is 118 Å². The van der Waals surface area contributed by atoms with Crippen LogP contribution in [0.2, 0.25) is 0 Å². The molecule has 2 heterocycles. The van der Waals surface area contributed by atoms with Gasteiger partial charge in [-0.1, -0.05) is 0 Å². The number of carbonyl (C=O) groups excluding carboxylic acids is 2. The van der Waals surface area contributed by atoms with Gasteiger partial charge in [-0.25, -0.2) is 9.78 Å². The highest BCUT2D eigenvalue weighted by atomic mass is 32.1. The van der Waals surface area contributed by atoms with Crippen LogP contribution in [0, 0.1) is 0 Å². The van der Waals surface area contributed by atoms with Gasteiger partial charge in [0.2, 0.25) is 0 Å². The zero-order valence-electron chi connectivity index (χ0n) is 10.2. The number of nitrogens with zero attached hydrogens (tertiary/aromatic N) is 1. The molecule has 2 aromatic rings. The second-order valence-corrected chi connectivity index (χ2v) is 5.22. The van der Waals surface area contributed by atoms with E-state index in [2.05, 4.69) is 10.3 Å². The smallest absolute Gasteiger partial charge is 0.358 e. The number of thiazole rings is 1. The molecule has 0 saturated heterocycles. The third-order valence-corrected chi connectivity index (χ3v) is 3.76. The van der Waals surface area contributed by atoms with Gasteiger partial charge in [0.25, 0.3) is 5.91 Å². The Morgan fingerprint density at radius 2 is 2.26 bits per heavy atom. The van der Waals surface area contributed by atoms with Crippen LogP contribution >= 0.6 is 22.7 Å². The topological polar surface area (TPSA) is 68.3 Å². The van der Waals surface area contributed by atoms with E-state index in [1.54, 1.807) is 23.6 Å². The van der Waals surface area contributed by atoms with Crippen LogP contribution in [-0.2, 0) is 9.53 Å². The normalized spacial score (nSPS) is 10.2. The average Bonchev–Trinajstić information content (AvgIpc) is 3.06. The Kier molecular flexibility index (Phi) is 4.64. The van der Waals surface area contributed by atoms with E-state index >= 15 is 0 Å². The SMILES string of the molecule is CCNC(=O)COC(=O)c1csc(-c2ccsc2)n1. The van der Waals surface area contributed by atoms with Crippen molar-refractivity contribution in [3.63, 3.8) is 0 Å². The maximum Gasteiger partial charge on any atom is 0.358 e. The van der Waals surface area contributed by atoms with Crippen LogP contribution in [0.4, 0.5) is 0 Å². The van der Waals surface area contributed by atoms with Gasteiger partial charge >= 0.3 is 5.97 Å². The van der Waals surface area contributed by atoms with E-state index in [-0.39, 0.29) is 18.2 Å². The maximum atomic E-state index is 11.7. The van der Waals surface area contributed by atoms with E-state index in [0.717, 1.165) is 10.6 Å². The number of likely N-dealkylation sites (N-methyl/N-ethyl adjacent to an activating group) is 1. The number of esters is 1. The third-order valence-electron chi connectivity index (χ3n) is 2.19. The molecular formula is C12H12N2O3S2. The van der Waals surface area contributed by atoms with Crippen LogP contribution in [0.3, 0.4) is 0 Å². The summed E-state index contributed by atoms with van der Waals surface area (Å²) in [6.45, 7) is 2.03. The first-order valence-corrected chi connectivity index (χ1v) is 7.45. The summed E-state index contributed by atoms with van der Waals surface area (Å²) in [5.74, 6) is -0.895. The first kappa shape index (κ1) is 13.7. The number of hydrogen-bond donors (Lipinski definition) is 1. The zero-order valence-corrected chi connectivity index (χ0v) is 11.8. The quantitative estimate of drug-likeness (QED) is 0.859. The molecule has 100 valence electrons. The molecule has 0 unspecified atom stereocenters. The van der Waals surface area contributed by atoms with Crippen LogP contribution in [-0.4, -0.2) is 30.0 Å². The Balaban J connectivity index is 1.95. The lowest BCUT2D eigenvalue weighted by Crippen LogP contribution is -2.28. The minimum atomic E-state index is -0.580. The van der Waals surface area contributed by atoms with Crippen LogP contribution in [0.5, 0.6) is 0 Å². The fraction of sp³-hybridized carbons (Fsp3) is 0.250. The average molecular weight is 296 g/mol. The molecule has 1 amide bonds. The molecule has 0 aliphatic rings. The summed E-state index contributed by atoms with van der Waals surface area (Å²) in [5, 5.41) is 8.86. The maximum absolute atomic E-state index is 11.7. The molecule has 7 heteroatoms.